The van der Waals surface area contributed by atoms with E-state index in [9.17, 15) is 0 Å². The second-order valence-electron chi connectivity index (χ2n) is 3.46. The summed E-state index contributed by atoms with van der Waals surface area (Å²) in [6, 6.07) is 2.23. The smallest absolute Gasteiger partial charge is 0.0418 e. The minimum absolute atomic E-state index is 0.0464. The van der Waals surface area contributed by atoms with E-state index in [-0.39, 0.29) is 5.54 Å². The van der Waals surface area contributed by atoms with E-state index >= 15 is 0 Å². The Morgan fingerprint density at radius 2 is 2.27 bits per heavy atom. The number of hydrogen-bond acceptors (Lipinski definition) is 2. The van der Waals surface area contributed by atoms with Crippen molar-refractivity contribution in [3.63, 3.8) is 0 Å². The molecule has 0 unspecified atom stereocenters. The van der Waals surface area contributed by atoms with Gasteiger partial charge in [0.2, 0.25) is 0 Å². The Labute approximate surface area is 71.2 Å². The zero-order valence-electron chi connectivity index (χ0n) is 6.76. The van der Waals surface area contributed by atoms with Crippen molar-refractivity contribution in [2.75, 3.05) is 0 Å². The standard InChI is InChI=1S/C9H13NS/c1-7-5-8(6-11-7)9(10)3-2-4-9/h5-6H,2-4,10H2,1H3. The van der Waals surface area contributed by atoms with Crippen LogP contribution in [0.15, 0.2) is 11.4 Å². The van der Waals surface area contributed by atoms with Gasteiger partial charge in [0.1, 0.15) is 0 Å². The summed E-state index contributed by atoms with van der Waals surface area (Å²) in [4.78, 5) is 1.37. The van der Waals surface area contributed by atoms with Crippen LogP contribution in [0.2, 0.25) is 0 Å². The number of rotatable bonds is 1. The van der Waals surface area contributed by atoms with E-state index in [0.29, 0.717) is 0 Å². The highest BCUT2D eigenvalue weighted by molar-refractivity contribution is 7.10. The van der Waals surface area contributed by atoms with Gasteiger partial charge < -0.3 is 5.73 Å². The molecule has 1 saturated carbocycles. The first kappa shape index (κ1) is 7.32. The molecule has 1 aliphatic rings. The summed E-state index contributed by atoms with van der Waals surface area (Å²) in [5.74, 6) is 0. The van der Waals surface area contributed by atoms with Crippen LogP contribution in [0.1, 0.15) is 29.7 Å². The lowest BCUT2D eigenvalue weighted by Gasteiger charge is -2.37. The van der Waals surface area contributed by atoms with Crippen LogP contribution in [0.3, 0.4) is 0 Å². The van der Waals surface area contributed by atoms with Crippen molar-refractivity contribution in [1.82, 2.24) is 0 Å². The second kappa shape index (κ2) is 2.32. The van der Waals surface area contributed by atoms with Gasteiger partial charge in [0.25, 0.3) is 0 Å². The monoisotopic (exact) mass is 167 g/mol. The molecule has 0 radical (unpaired) electrons. The van der Waals surface area contributed by atoms with Crippen molar-refractivity contribution < 1.29 is 0 Å². The lowest BCUT2D eigenvalue weighted by atomic mass is 9.74. The van der Waals surface area contributed by atoms with Crippen LogP contribution in [0.25, 0.3) is 0 Å². The van der Waals surface area contributed by atoms with Gasteiger partial charge in [0, 0.05) is 10.4 Å². The van der Waals surface area contributed by atoms with Crippen molar-refractivity contribution in [3.05, 3.63) is 21.9 Å². The first-order valence-electron chi connectivity index (χ1n) is 4.05. The molecule has 0 aromatic carbocycles. The van der Waals surface area contributed by atoms with Crippen LogP contribution in [-0.2, 0) is 5.54 Å². The first-order valence-corrected chi connectivity index (χ1v) is 4.93. The topological polar surface area (TPSA) is 26.0 Å². The summed E-state index contributed by atoms with van der Waals surface area (Å²) in [7, 11) is 0. The maximum atomic E-state index is 6.14. The highest BCUT2D eigenvalue weighted by Crippen LogP contribution is 2.40. The fourth-order valence-corrected chi connectivity index (χ4v) is 2.36. The number of aryl methyl sites for hydroxylation is 1. The highest BCUT2D eigenvalue weighted by Gasteiger charge is 2.34. The maximum absolute atomic E-state index is 6.14. The molecule has 0 spiro atoms. The zero-order valence-corrected chi connectivity index (χ0v) is 7.58. The predicted molar refractivity (Wildman–Crippen MR) is 48.8 cm³/mol. The molecule has 0 aliphatic heterocycles. The highest BCUT2D eigenvalue weighted by atomic mass is 32.1. The minimum Gasteiger partial charge on any atom is -0.321 e. The molecule has 1 aromatic heterocycles. The third-order valence-electron chi connectivity index (χ3n) is 2.55. The zero-order chi connectivity index (χ0) is 7.90. The fraction of sp³-hybridized carbons (Fsp3) is 0.556. The van der Waals surface area contributed by atoms with E-state index in [0.717, 1.165) is 0 Å². The van der Waals surface area contributed by atoms with Gasteiger partial charge in [0.15, 0.2) is 0 Å². The van der Waals surface area contributed by atoms with Gasteiger partial charge in [-0.15, -0.1) is 11.3 Å². The van der Waals surface area contributed by atoms with Gasteiger partial charge in [0.05, 0.1) is 0 Å². The Hall–Kier alpha value is -0.340. The summed E-state index contributed by atoms with van der Waals surface area (Å²) >= 11 is 1.80. The molecule has 0 saturated heterocycles. The van der Waals surface area contributed by atoms with Crippen molar-refractivity contribution in [3.8, 4) is 0 Å². The van der Waals surface area contributed by atoms with Crippen LogP contribution in [-0.4, -0.2) is 0 Å². The number of thiophene rings is 1. The molecule has 1 aromatic rings. The summed E-state index contributed by atoms with van der Waals surface area (Å²) in [5, 5.41) is 2.20. The second-order valence-corrected chi connectivity index (χ2v) is 4.57. The van der Waals surface area contributed by atoms with Crippen LogP contribution in [0, 0.1) is 6.92 Å². The van der Waals surface area contributed by atoms with Crippen molar-refractivity contribution in [2.45, 2.75) is 31.7 Å². The van der Waals surface area contributed by atoms with Gasteiger partial charge >= 0.3 is 0 Å². The molecule has 2 heteroatoms. The summed E-state index contributed by atoms with van der Waals surface area (Å²) in [6.07, 6.45) is 3.64. The Morgan fingerprint density at radius 1 is 1.55 bits per heavy atom. The molecule has 0 bridgehead atoms. The Bertz CT molecular complexity index is 260. The summed E-state index contributed by atoms with van der Waals surface area (Å²) < 4.78 is 0. The van der Waals surface area contributed by atoms with E-state index in [1.165, 1.54) is 29.7 Å². The van der Waals surface area contributed by atoms with Crippen molar-refractivity contribution >= 4 is 11.3 Å². The van der Waals surface area contributed by atoms with Crippen LogP contribution in [0.5, 0.6) is 0 Å². The first-order chi connectivity index (χ1) is 5.21. The quantitative estimate of drug-likeness (QED) is 0.683. The largest absolute Gasteiger partial charge is 0.321 e. The maximum Gasteiger partial charge on any atom is 0.0418 e. The normalized spacial score (nSPS) is 21.3. The molecular formula is C9H13NS. The Balaban J connectivity index is 2.28. The molecule has 0 atom stereocenters. The van der Waals surface area contributed by atoms with E-state index in [1.807, 2.05) is 0 Å². The average molecular weight is 167 g/mol. The molecule has 0 amide bonds. The van der Waals surface area contributed by atoms with Gasteiger partial charge in [-0.3, -0.25) is 0 Å². The lowest BCUT2D eigenvalue weighted by Crippen LogP contribution is -2.42. The van der Waals surface area contributed by atoms with Crippen LogP contribution in [0.4, 0.5) is 0 Å². The predicted octanol–water partition coefficient (Wildman–Crippen LogP) is 2.39. The fourth-order valence-electron chi connectivity index (χ4n) is 1.55. The van der Waals surface area contributed by atoms with E-state index in [1.54, 1.807) is 11.3 Å². The third-order valence-corrected chi connectivity index (χ3v) is 3.41. The molecule has 1 nitrogen and oxygen atoms in total. The SMILES string of the molecule is Cc1cc(C2(N)CCC2)cs1. The van der Waals surface area contributed by atoms with E-state index in [4.69, 9.17) is 5.73 Å². The van der Waals surface area contributed by atoms with Crippen LogP contribution < -0.4 is 5.73 Å². The van der Waals surface area contributed by atoms with Crippen molar-refractivity contribution in [2.24, 2.45) is 5.73 Å². The molecule has 1 fully saturated rings. The van der Waals surface area contributed by atoms with Gasteiger partial charge in [-0.25, -0.2) is 0 Å². The van der Waals surface area contributed by atoms with Crippen LogP contribution >= 0.6 is 11.3 Å². The lowest BCUT2D eigenvalue weighted by molar-refractivity contribution is 0.254. The minimum atomic E-state index is 0.0464. The molecule has 11 heavy (non-hydrogen) atoms. The van der Waals surface area contributed by atoms with E-state index in [2.05, 4.69) is 18.4 Å². The molecule has 2 N–H and O–H groups in total. The summed E-state index contributed by atoms with van der Waals surface area (Å²) in [5.41, 5.74) is 7.54. The Morgan fingerprint density at radius 3 is 2.64 bits per heavy atom. The molecule has 2 rings (SSSR count). The number of hydrogen-bond donors (Lipinski definition) is 1. The van der Waals surface area contributed by atoms with Gasteiger partial charge in [-0.2, -0.15) is 0 Å². The summed E-state index contributed by atoms with van der Waals surface area (Å²) in [6.45, 7) is 2.14. The molecular weight excluding hydrogens is 154 g/mol. The number of nitrogens with two attached hydrogens (primary N) is 1. The van der Waals surface area contributed by atoms with Gasteiger partial charge in [-0.05, 0) is 43.2 Å². The van der Waals surface area contributed by atoms with E-state index < -0.39 is 0 Å². The molecule has 60 valence electrons. The molecule has 1 aliphatic carbocycles. The average Bonchev–Trinajstić information content (AvgIpc) is 2.31. The Kier molecular flexibility index (Phi) is 1.55. The van der Waals surface area contributed by atoms with Crippen molar-refractivity contribution in [1.29, 1.82) is 0 Å². The van der Waals surface area contributed by atoms with Gasteiger partial charge in [-0.1, -0.05) is 0 Å². The molecule has 1 heterocycles. The third kappa shape index (κ3) is 1.10.